The summed E-state index contributed by atoms with van der Waals surface area (Å²) in [7, 11) is 0. The van der Waals surface area contributed by atoms with Crippen molar-refractivity contribution >= 4 is 11.3 Å². The fourth-order valence-electron chi connectivity index (χ4n) is 2.01. The first-order valence-corrected chi connectivity index (χ1v) is 6.42. The van der Waals surface area contributed by atoms with Crippen molar-refractivity contribution in [3.05, 3.63) is 28.5 Å². The van der Waals surface area contributed by atoms with Gasteiger partial charge in [0.05, 0.1) is 17.2 Å². The first-order valence-electron chi connectivity index (χ1n) is 5.61. The highest BCUT2D eigenvalue weighted by atomic mass is 32.1. The predicted molar refractivity (Wildman–Crippen MR) is 65.8 cm³/mol. The van der Waals surface area contributed by atoms with Crippen LogP contribution in [0.15, 0.2) is 16.5 Å². The standard InChI is InChI=1S/C13H12N2OS/c1-8-3-4-10(16-8)12-15-9(2)11(17-12)13(7-14)5-6-13/h3-4H,5-6H2,1-2H3. The van der Waals surface area contributed by atoms with E-state index in [4.69, 9.17) is 4.42 Å². The zero-order chi connectivity index (χ0) is 12.0. The highest BCUT2D eigenvalue weighted by Crippen LogP contribution is 2.51. The summed E-state index contributed by atoms with van der Waals surface area (Å²) in [4.78, 5) is 5.64. The van der Waals surface area contributed by atoms with E-state index in [0.717, 1.165) is 39.9 Å². The molecule has 0 aliphatic heterocycles. The Labute approximate surface area is 104 Å². The van der Waals surface area contributed by atoms with Gasteiger partial charge in [0.1, 0.15) is 5.76 Å². The van der Waals surface area contributed by atoms with Crippen LogP contribution < -0.4 is 0 Å². The highest BCUT2D eigenvalue weighted by Gasteiger charge is 2.47. The first-order chi connectivity index (χ1) is 8.14. The van der Waals surface area contributed by atoms with Gasteiger partial charge in [-0.3, -0.25) is 0 Å². The maximum atomic E-state index is 9.22. The minimum atomic E-state index is -0.248. The van der Waals surface area contributed by atoms with Gasteiger partial charge in [0, 0.05) is 4.88 Å². The van der Waals surface area contributed by atoms with Crippen molar-refractivity contribution in [3.63, 3.8) is 0 Å². The summed E-state index contributed by atoms with van der Waals surface area (Å²) >= 11 is 1.59. The number of rotatable bonds is 2. The van der Waals surface area contributed by atoms with Crippen LogP contribution >= 0.6 is 11.3 Å². The Kier molecular flexibility index (Phi) is 2.14. The second-order valence-electron chi connectivity index (χ2n) is 4.54. The topological polar surface area (TPSA) is 49.8 Å². The summed E-state index contributed by atoms with van der Waals surface area (Å²) < 4.78 is 5.57. The molecule has 0 amide bonds. The molecule has 1 aliphatic carbocycles. The van der Waals surface area contributed by atoms with E-state index in [1.807, 2.05) is 26.0 Å². The molecule has 0 aromatic carbocycles. The lowest BCUT2D eigenvalue weighted by Gasteiger charge is -2.00. The third kappa shape index (κ3) is 1.58. The Hall–Kier alpha value is -1.60. The molecule has 17 heavy (non-hydrogen) atoms. The van der Waals surface area contributed by atoms with Crippen LogP contribution in [0.4, 0.5) is 0 Å². The molecule has 0 radical (unpaired) electrons. The number of aromatic nitrogens is 1. The van der Waals surface area contributed by atoms with E-state index in [0.29, 0.717) is 0 Å². The fourth-order valence-corrected chi connectivity index (χ4v) is 3.23. The quantitative estimate of drug-likeness (QED) is 0.811. The zero-order valence-electron chi connectivity index (χ0n) is 9.78. The molecule has 1 saturated carbocycles. The van der Waals surface area contributed by atoms with Gasteiger partial charge >= 0.3 is 0 Å². The molecule has 2 aromatic rings. The Balaban J connectivity index is 2.05. The molecule has 0 bridgehead atoms. The number of furan rings is 1. The average molecular weight is 244 g/mol. The van der Waals surface area contributed by atoms with E-state index >= 15 is 0 Å². The first kappa shape index (κ1) is 10.5. The summed E-state index contributed by atoms with van der Waals surface area (Å²) in [5.74, 6) is 1.69. The lowest BCUT2D eigenvalue weighted by molar-refractivity contribution is 0.548. The van der Waals surface area contributed by atoms with Crippen LogP contribution in [0, 0.1) is 25.2 Å². The van der Waals surface area contributed by atoms with Crippen molar-refractivity contribution in [2.24, 2.45) is 0 Å². The molecule has 0 saturated heterocycles. The van der Waals surface area contributed by atoms with Crippen LogP contribution in [0.5, 0.6) is 0 Å². The molecule has 0 spiro atoms. The molecule has 1 fully saturated rings. The Bertz CT molecular complexity index is 614. The van der Waals surface area contributed by atoms with E-state index in [9.17, 15) is 5.26 Å². The lowest BCUT2D eigenvalue weighted by atomic mass is 10.1. The molecule has 4 heteroatoms. The van der Waals surface area contributed by atoms with Crippen molar-refractivity contribution in [2.45, 2.75) is 32.1 Å². The number of aryl methyl sites for hydroxylation is 2. The fraction of sp³-hybridized carbons (Fsp3) is 0.385. The molecule has 1 aliphatic rings. The van der Waals surface area contributed by atoms with Gasteiger partial charge in [0.25, 0.3) is 0 Å². The van der Waals surface area contributed by atoms with E-state index in [2.05, 4.69) is 11.1 Å². The Morgan fingerprint density at radius 1 is 1.41 bits per heavy atom. The van der Waals surface area contributed by atoms with Gasteiger partial charge in [-0.1, -0.05) is 0 Å². The third-order valence-electron chi connectivity index (χ3n) is 3.15. The highest BCUT2D eigenvalue weighted by molar-refractivity contribution is 7.15. The van der Waals surface area contributed by atoms with Gasteiger partial charge in [-0.05, 0) is 38.8 Å². The van der Waals surface area contributed by atoms with Gasteiger partial charge in [0.15, 0.2) is 10.8 Å². The SMILES string of the molecule is Cc1ccc(-c2nc(C)c(C3(C#N)CC3)s2)o1. The number of hydrogen-bond donors (Lipinski definition) is 0. The van der Waals surface area contributed by atoms with Crippen molar-refractivity contribution < 1.29 is 4.42 Å². The molecule has 3 rings (SSSR count). The van der Waals surface area contributed by atoms with Crippen LogP contribution in [0.2, 0.25) is 0 Å². The van der Waals surface area contributed by atoms with Crippen LogP contribution in [0.3, 0.4) is 0 Å². The molecule has 2 heterocycles. The van der Waals surface area contributed by atoms with Crippen LogP contribution in [0.25, 0.3) is 10.8 Å². The van der Waals surface area contributed by atoms with E-state index in [1.165, 1.54) is 0 Å². The summed E-state index contributed by atoms with van der Waals surface area (Å²) in [5, 5.41) is 10.1. The molecule has 2 aromatic heterocycles. The van der Waals surface area contributed by atoms with Crippen LogP contribution in [-0.2, 0) is 5.41 Å². The van der Waals surface area contributed by atoms with Crippen molar-refractivity contribution in [1.29, 1.82) is 5.26 Å². The second-order valence-corrected chi connectivity index (χ2v) is 5.54. The average Bonchev–Trinajstić information content (AvgIpc) is 2.83. The number of nitrogens with zero attached hydrogens (tertiary/aromatic N) is 2. The van der Waals surface area contributed by atoms with Crippen molar-refractivity contribution in [2.75, 3.05) is 0 Å². The van der Waals surface area contributed by atoms with Crippen molar-refractivity contribution in [1.82, 2.24) is 4.98 Å². The summed E-state index contributed by atoms with van der Waals surface area (Å²) in [6.45, 7) is 3.89. The monoisotopic (exact) mass is 244 g/mol. The Morgan fingerprint density at radius 2 is 2.18 bits per heavy atom. The molecule has 0 atom stereocenters. The molecule has 86 valence electrons. The molecular formula is C13H12N2OS. The number of thiazole rings is 1. The van der Waals surface area contributed by atoms with Crippen LogP contribution in [0.1, 0.15) is 29.2 Å². The third-order valence-corrected chi connectivity index (χ3v) is 4.52. The maximum absolute atomic E-state index is 9.22. The van der Waals surface area contributed by atoms with E-state index in [1.54, 1.807) is 11.3 Å². The van der Waals surface area contributed by atoms with Crippen molar-refractivity contribution in [3.8, 4) is 16.8 Å². The summed E-state index contributed by atoms with van der Waals surface area (Å²) in [6, 6.07) is 6.29. The zero-order valence-corrected chi connectivity index (χ0v) is 10.6. The molecular weight excluding hydrogens is 232 g/mol. The largest absolute Gasteiger partial charge is 0.459 e. The van der Waals surface area contributed by atoms with Gasteiger partial charge in [-0.25, -0.2) is 4.98 Å². The normalized spacial score (nSPS) is 16.8. The minimum Gasteiger partial charge on any atom is -0.459 e. The smallest absolute Gasteiger partial charge is 0.162 e. The summed E-state index contributed by atoms with van der Waals surface area (Å²) in [5.41, 5.74) is 0.722. The van der Waals surface area contributed by atoms with E-state index in [-0.39, 0.29) is 5.41 Å². The molecule has 0 N–H and O–H groups in total. The Morgan fingerprint density at radius 3 is 2.71 bits per heavy atom. The van der Waals surface area contributed by atoms with Gasteiger partial charge < -0.3 is 4.42 Å². The van der Waals surface area contributed by atoms with Gasteiger partial charge in [-0.15, -0.1) is 11.3 Å². The second kappa shape index (κ2) is 3.44. The lowest BCUT2D eigenvalue weighted by Crippen LogP contribution is -2.01. The number of hydrogen-bond acceptors (Lipinski definition) is 4. The van der Waals surface area contributed by atoms with Gasteiger partial charge in [0.2, 0.25) is 0 Å². The summed E-state index contributed by atoms with van der Waals surface area (Å²) in [6.07, 6.45) is 1.92. The van der Waals surface area contributed by atoms with Crippen LogP contribution in [-0.4, -0.2) is 4.98 Å². The maximum Gasteiger partial charge on any atom is 0.162 e. The van der Waals surface area contributed by atoms with E-state index < -0.39 is 0 Å². The van der Waals surface area contributed by atoms with Gasteiger partial charge in [-0.2, -0.15) is 5.26 Å². The number of nitriles is 1. The predicted octanol–water partition coefficient (Wildman–Crippen LogP) is 3.58. The molecule has 3 nitrogen and oxygen atoms in total. The molecule has 0 unspecified atom stereocenters. The minimum absolute atomic E-state index is 0.248.